The molecule has 2 N–H and O–H groups in total. The van der Waals surface area contributed by atoms with Gasteiger partial charge in [-0.1, -0.05) is 11.8 Å². The number of thioether (sulfide) groups is 1. The van der Waals surface area contributed by atoms with Gasteiger partial charge in [0, 0.05) is 17.9 Å². The van der Waals surface area contributed by atoms with E-state index in [9.17, 15) is 9.59 Å². The number of nitrogens with one attached hydrogen (secondary N) is 1. The molecule has 0 saturated carbocycles. The first-order chi connectivity index (χ1) is 6.18. The number of rotatable bonds is 2. The summed E-state index contributed by atoms with van der Waals surface area (Å²) in [7, 11) is 0. The lowest BCUT2D eigenvalue weighted by molar-refractivity contribution is -0.131. The van der Waals surface area contributed by atoms with Crippen LogP contribution in [-0.2, 0) is 9.59 Å². The molecule has 0 unspecified atom stereocenters. The Morgan fingerprint density at radius 1 is 1.54 bits per heavy atom. The topological polar surface area (TPSA) is 78.8 Å². The second-order valence-electron chi connectivity index (χ2n) is 2.20. The highest BCUT2D eigenvalue weighted by Crippen LogP contribution is 2.08. The minimum atomic E-state index is -1.14. The van der Waals surface area contributed by atoms with E-state index in [1.807, 2.05) is 0 Å². The van der Waals surface area contributed by atoms with E-state index in [1.54, 1.807) is 0 Å². The summed E-state index contributed by atoms with van der Waals surface area (Å²) >= 11 is 1.44. The molecule has 0 fully saturated rings. The zero-order valence-electron chi connectivity index (χ0n) is 6.69. The van der Waals surface area contributed by atoms with Gasteiger partial charge in [-0.25, -0.2) is 4.79 Å². The molecule has 13 heavy (non-hydrogen) atoms. The molecular weight excluding hydrogens is 192 g/mol. The third-order valence-electron chi connectivity index (χ3n) is 1.19. The normalized spacial score (nSPS) is 15.8. The maximum absolute atomic E-state index is 10.9. The van der Waals surface area contributed by atoms with Crippen molar-refractivity contribution in [2.45, 2.75) is 0 Å². The monoisotopic (exact) mass is 200 g/mol. The van der Waals surface area contributed by atoms with Gasteiger partial charge >= 0.3 is 5.97 Å². The maximum Gasteiger partial charge on any atom is 0.328 e. The van der Waals surface area contributed by atoms with Crippen molar-refractivity contribution in [3.63, 3.8) is 0 Å². The van der Waals surface area contributed by atoms with Gasteiger partial charge in [-0.15, -0.1) is 0 Å². The number of carbonyl (C=O) groups excluding carboxylic acids is 1. The molecule has 0 aliphatic carbocycles. The summed E-state index contributed by atoms with van der Waals surface area (Å²) in [6, 6.07) is 0. The molecule has 1 heterocycles. The quantitative estimate of drug-likeness (QED) is 0.607. The smallest absolute Gasteiger partial charge is 0.328 e. The van der Waals surface area contributed by atoms with Crippen LogP contribution in [0.4, 0.5) is 0 Å². The van der Waals surface area contributed by atoms with Crippen molar-refractivity contribution in [3.8, 4) is 0 Å². The molecule has 0 saturated heterocycles. The fourth-order valence-electron chi connectivity index (χ4n) is 0.705. The highest BCUT2D eigenvalue weighted by molar-refractivity contribution is 8.14. The molecule has 0 aromatic rings. The van der Waals surface area contributed by atoms with Gasteiger partial charge in [-0.05, 0) is 0 Å². The average molecular weight is 200 g/mol. The zero-order chi connectivity index (χ0) is 9.68. The summed E-state index contributed by atoms with van der Waals surface area (Å²) in [5, 5.41) is 11.2. The molecule has 0 aromatic carbocycles. The van der Waals surface area contributed by atoms with Gasteiger partial charge in [-0.3, -0.25) is 9.79 Å². The second kappa shape index (κ2) is 4.66. The standard InChI is InChI=1S/C7H8N2O3S/c10-5(1-2-6(11)12)9-7-8-3-4-13-7/h1-2H,3-4H2,(H,11,12)(H,8,9,10)/b2-1+. The SMILES string of the molecule is O=C(O)/C=C/C(=O)NC1=NCCS1. The van der Waals surface area contributed by atoms with Crippen LogP contribution in [0.15, 0.2) is 17.1 Å². The van der Waals surface area contributed by atoms with Crippen LogP contribution in [0.3, 0.4) is 0 Å². The molecule has 6 heteroatoms. The number of amides is 1. The van der Waals surface area contributed by atoms with Gasteiger partial charge in [0.1, 0.15) is 0 Å². The van der Waals surface area contributed by atoms with Crippen LogP contribution < -0.4 is 5.32 Å². The van der Waals surface area contributed by atoms with Crippen LogP contribution in [0, 0.1) is 0 Å². The van der Waals surface area contributed by atoms with Crippen molar-refractivity contribution in [1.29, 1.82) is 0 Å². The maximum atomic E-state index is 10.9. The number of hydrogen-bond donors (Lipinski definition) is 2. The Bertz CT molecular complexity index is 285. The number of carboxylic acids is 1. The van der Waals surface area contributed by atoms with Gasteiger partial charge in [0.15, 0.2) is 5.17 Å². The molecule has 70 valence electrons. The van der Waals surface area contributed by atoms with Crippen LogP contribution in [0.2, 0.25) is 0 Å². The third-order valence-corrected chi connectivity index (χ3v) is 2.08. The lowest BCUT2D eigenvalue weighted by atomic mass is 10.5. The minimum Gasteiger partial charge on any atom is -0.478 e. The summed E-state index contributed by atoms with van der Waals surface area (Å²) in [6.07, 6.45) is 1.75. The van der Waals surface area contributed by atoms with E-state index in [-0.39, 0.29) is 0 Å². The molecule has 5 nitrogen and oxygen atoms in total. The molecule has 1 amide bonds. The van der Waals surface area contributed by atoms with Gasteiger partial charge < -0.3 is 10.4 Å². The molecule has 1 aliphatic rings. The molecule has 1 rings (SSSR count). The van der Waals surface area contributed by atoms with Crippen LogP contribution in [0.5, 0.6) is 0 Å². The van der Waals surface area contributed by atoms with E-state index in [0.29, 0.717) is 11.7 Å². The van der Waals surface area contributed by atoms with Crippen LogP contribution in [-0.4, -0.2) is 34.4 Å². The Kier molecular flexibility index (Phi) is 3.51. The molecule has 0 atom stereocenters. The summed E-state index contributed by atoms with van der Waals surface area (Å²) in [5.74, 6) is -0.746. The first kappa shape index (κ1) is 9.79. The molecule has 0 spiro atoms. The highest BCUT2D eigenvalue weighted by atomic mass is 32.2. The molecular formula is C7H8N2O3S. The molecule has 1 aliphatic heterocycles. The largest absolute Gasteiger partial charge is 0.478 e. The number of nitrogens with zero attached hydrogens (tertiary/aromatic N) is 1. The molecule has 0 bridgehead atoms. The summed E-state index contributed by atoms with van der Waals surface area (Å²) in [5.41, 5.74) is 0. The Labute approximate surface area is 78.9 Å². The van der Waals surface area contributed by atoms with Crippen LogP contribution in [0.25, 0.3) is 0 Å². The number of carboxylic acid groups (broad SMARTS) is 1. The average Bonchev–Trinajstić information content (AvgIpc) is 2.53. The lowest BCUT2D eigenvalue weighted by Crippen LogP contribution is -2.25. The van der Waals surface area contributed by atoms with E-state index < -0.39 is 11.9 Å². The molecule has 0 radical (unpaired) electrons. The van der Waals surface area contributed by atoms with Crippen molar-refractivity contribution in [2.24, 2.45) is 4.99 Å². The Morgan fingerprint density at radius 3 is 2.85 bits per heavy atom. The lowest BCUT2D eigenvalue weighted by Gasteiger charge is -1.97. The van der Waals surface area contributed by atoms with Gasteiger partial charge in [0.25, 0.3) is 0 Å². The third kappa shape index (κ3) is 3.75. The van der Waals surface area contributed by atoms with Crippen molar-refractivity contribution in [2.75, 3.05) is 12.3 Å². The Morgan fingerprint density at radius 2 is 2.31 bits per heavy atom. The summed E-state index contributed by atoms with van der Waals surface area (Å²) in [4.78, 5) is 25.0. The van der Waals surface area contributed by atoms with E-state index in [4.69, 9.17) is 5.11 Å². The number of hydrogen-bond acceptors (Lipinski definition) is 4. The fourth-order valence-corrected chi connectivity index (χ4v) is 1.44. The van der Waals surface area contributed by atoms with Gasteiger partial charge in [0.2, 0.25) is 5.91 Å². The molecule has 0 aromatic heterocycles. The predicted octanol–water partition coefficient (Wildman–Crippen LogP) is -0.154. The van der Waals surface area contributed by atoms with Crippen molar-refractivity contribution < 1.29 is 14.7 Å². The fraction of sp³-hybridized carbons (Fsp3) is 0.286. The Balaban J connectivity index is 2.36. The van der Waals surface area contributed by atoms with Crippen LogP contribution in [0.1, 0.15) is 0 Å². The first-order valence-corrected chi connectivity index (χ1v) is 4.56. The van der Waals surface area contributed by atoms with E-state index in [0.717, 1.165) is 17.9 Å². The van der Waals surface area contributed by atoms with Crippen molar-refractivity contribution in [3.05, 3.63) is 12.2 Å². The van der Waals surface area contributed by atoms with E-state index in [2.05, 4.69) is 10.3 Å². The first-order valence-electron chi connectivity index (χ1n) is 3.58. The summed E-state index contributed by atoms with van der Waals surface area (Å²) in [6.45, 7) is 0.697. The number of aliphatic carboxylic acids is 1. The van der Waals surface area contributed by atoms with Gasteiger partial charge in [-0.2, -0.15) is 0 Å². The zero-order valence-corrected chi connectivity index (χ0v) is 7.50. The number of aliphatic imine (C=N–C) groups is 1. The summed E-state index contributed by atoms with van der Waals surface area (Å²) < 4.78 is 0. The van der Waals surface area contributed by atoms with E-state index in [1.165, 1.54) is 11.8 Å². The van der Waals surface area contributed by atoms with Gasteiger partial charge in [0.05, 0.1) is 6.54 Å². The number of amidine groups is 1. The van der Waals surface area contributed by atoms with Crippen molar-refractivity contribution in [1.82, 2.24) is 5.32 Å². The highest BCUT2D eigenvalue weighted by Gasteiger charge is 2.08. The van der Waals surface area contributed by atoms with Crippen molar-refractivity contribution >= 4 is 28.8 Å². The number of carbonyl (C=O) groups is 2. The van der Waals surface area contributed by atoms with Crippen LogP contribution >= 0.6 is 11.8 Å². The van der Waals surface area contributed by atoms with E-state index >= 15 is 0 Å². The predicted molar refractivity (Wildman–Crippen MR) is 49.7 cm³/mol. The second-order valence-corrected chi connectivity index (χ2v) is 3.28. The minimum absolute atomic E-state index is 0.462. The Hall–Kier alpha value is -1.30.